The number of nitrogens with zero attached hydrogens (tertiary/aromatic N) is 2. The highest BCUT2D eigenvalue weighted by atomic mass is 16.5. The molecule has 2 aliphatic heterocycles. The number of fused-ring (bicyclic) bond motifs is 1. The molecule has 0 saturated carbocycles. The Morgan fingerprint density at radius 2 is 1.77 bits per heavy atom. The maximum Gasteiger partial charge on any atom is 0.313 e. The summed E-state index contributed by atoms with van der Waals surface area (Å²) in [5.74, 6) is -1.10. The number of para-hydroxylation sites is 1. The van der Waals surface area contributed by atoms with Gasteiger partial charge in [-0.05, 0) is 30.5 Å². The number of hydrogen-bond acceptors (Lipinski definition) is 4. The van der Waals surface area contributed by atoms with Crippen LogP contribution in [0.3, 0.4) is 0 Å². The molecular formula is C24H26N2O4. The lowest BCUT2D eigenvalue weighted by Crippen LogP contribution is -2.47. The molecule has 30 heavy (non-hydrogen) atoms. The van der Waals surface area contributed by atoms with E-state index < -0.39 is 0 Å². The average Bonchev–Trinajstić information content (AvgIpc) is 3.13. The monoisotopic (exact) mass is 406 g/mol. The Balaban J connectivity index is 1.55. The Hall–Kier alpha value is -3.15. The summed E-state index contributed by atoms with van der Waals surface area (Å²) in [6.45, 7) is 2.88. The van der Waals surface area contributed by atoms with Gasteiger partial charge < -0.3 is 14.5 Å². The number of methoxy groups -OCH3 is 1. The SMILES string of the molecule is COC(=O)C1CC(C)N(C(=O)C2CC(=O)N(Cc3ccccc3)C2)c2ccccc21. The Kier molecular flexibility index (Phi) is 5.57. The predicted molar refractivity (Wildman–Crippen MR) is 113 cm³/mol. The van der Waals surface area contributed by atoms with Crippen LogP contribution in [0.25, 0.3) is 0 Å². The van der Waals surface area contributed by atoms with Crippen molar-refractivity contribution in [1.29, 1.82) is 0 Å². The predicted octanol–water partition coefficient (Wildman–Crippen LogP) is 3.12. The number of hydrogen-bond donors (Lipinski definition) is 0. The lowest BCUT2D eigenvalue weighted by Gasteiger charge is -2.39. The summed E-state index contributed by atoms with van der Waals surface area (Å²) in [6.07, 6.45) is 0.724. The van der Waals surface area contributed by atoms with Crippen LogP contribution in [-0.4, -0.2) is 42.4 Å². The molecule has 0 N–H and O–H groups in total. The molecule has 6 heteroatoms. The topological polar surface area (TPSA) is 66.9 Å². The van der Waals surface area contributed by atoms with E-state index in [-0.39, 0.29) is 42.1 Å². The molecule has 156 valence electrons. The minimum atomic E-state index is -0.384. The number of carbonyl (C=O) groups excluding carboxylic acids is 3. The fourth-order valence-corrected chi connectivity index (χ4v) is 4.60. The minimum Gasteiger partial charge on any atom is -0.469 e. The Labute approximate surface area is 176 Å². The maximum absolute atomic E-state index is 13.5. The van der Waals surface area contributed by atoms with Crippen LogP contribution >= 0.6 is 0 Å². The summed E-state index contributed by atoms with van der Waals surface area (Å²) in [7, 11) is 1.39. The number of esters is 1. The fraction of sp³-hybridized carbons (Fsp3) is 0.375. The van der Waals surface area contributed by atoms with Gasteiger partial charge in [0, 0.05) is 31.2 Å². The van der Waals surface area contributed by atoms with Crippen LogP contribution in [0.2, 0.25) is 0 Å². The van der Waals surface area contributed by atoms with Gasteiger partial charge in [0.2, 0.25) is 11.8 Å². The molecule has 2 heterocycles. The average molecular weight is 406 g/mol. The molecule has 0 bridgehead atoms. The van der Waals surface area contributed by atoms with Gasteiger partial charge in [-0.2, -0.15) is 0 Å². The first-order chi connectivity index (χ1) is 14.5. The molecule has 0 radical (unpaired) electrons. The summed E-state index contributed by atoms with van der Waals surface area (Å²) in [5.41, 5.74) is 2.60. The molecule has 2 aromatic carbocycles. The molecule has 0 aliphatic carbocycles. The Bertz CT molecular complexity index is 959. The Morgan fingerprint density at radius 3 is 2.50 bits per heavy atom. The molecule has 2 amide bonds. The van der Waals surface area contributed by atoms with Crippen LogP contribution in [0.15, 0.2) is 54.6 Å². The number of likely N-dealkylation sites (tertiary alicyclic amines) is 1. The van der Waals surface area contributed by atoms with Crippen molar-refractivity contribution in [1.82, 2.24) is 4.90 Å². The zero-order valence-corrected chi connectivity index (χ0v) is 17.3. The zero-order chi connectivity index (χ0) is 21.3. The van der Waals surface area contributed by atoms with Gasteiger partial charge in [-0.15, -0.1) is 0 Å². The second kappa shape index (κ2) is 8.30. The summed E-state index contributed by atoms with van der Waals surface area (Å²) >= 11 is 0. The van der Waals surface area contributed by atoms with Crippen LogP contribution in [-0.2, 0) is 25.7 Å². The highest BCUT2D eigenvalue weighted by Crippen LogP contribution is 2.40. The quantitative estimate of drug-likeness (QED) is 0.732. The van der Waals surface area contributed by atoms with Gasteiger partial charge in [0.05, 0.1) is 18.9 Å². The second-order valence-corrected chi connectivity index (χ2v) is 8.09. The lowest BCUT2D eigenvalue weighted by atomic mass is 9.85. The van der Waals surface area contributed by atoms with Crippen molar-refractivity contribution in [2.24, 2.45) is 5.92 Å². The van der Waals surface area contributed by atoms with Gasteiger partial charge in [-0.3, -0.25) is 14.4 Å². The lowest BCUT2D eigenvalue weighted by molar-refractivity contribution is -0.143. The highest BCUT2D eigenvalue weighted by molar-refractivity contribution is 6.01. The van der Waals surface area contributed by atoms with Gasteiger partial charge in [0.1, 0.15) is 0 Å². The normalized spacial score (nSPS) is 23.3. The summed E-state index contributed by atoms with van der Waals surface area (Å²) < 4.78 is 4.98. The second-order valence-electron chi connectivity index (χ2n) is 8.09. The summed E-state index contributed by atoms with van der Waals surface area (Å²) in [6, 6.07) is 17.1. The third kappa shape index (κ3) is 3.70. The molecule has 1 fully saturated rings. The van der Waals surface area contributed by atoms with E-state index in [1.807, 2.05) is 61.5 Å². The minimum absolute atomic E-state index is 0.00240. The molecule has 2 aliphatic rings. The van der Waals surface area contributed by atoms with E-state index in [0.29, 0.717) is 19.5 Å². The van der Waals surface area contributed by atoms with Gasteiger partial charge in [-0.1, -0.05) is 48.5 Å². The molecule has 3 unspecified atom stereocenters. The third-order valence-electron chi connectivity index (χ3n) is 6.09. The Morgan fingerprint density at radius 1 is 1.07 bits per heavy atom. The van der Waals surface area contributed by atoms with Gasteiger partial charge in [0.25, 0.3) is 0 Å². The largest absolute Gasteiger partial charge is 0.469 e. The van der Waals surface area contributed by atoms with E-state index in [4.69, 9.17) is 4.74 Å². The molecule has 0 aromatic heterocycles. The molecular weight excluding hydrogens is 380 g/mol. The van der Waals surface area contributed by atoms with Crippen LogP contribution in [0.4, 0.5) is 5.69 Å². The standard InChI is InChI=1S/C24H26N2O4/c1-16-12-20(24(29)30-2)19-10-6-7-11-21(19)26(16)23(28)18-13-22(27)25(15-18)14-17-8-4-3-5-9-17/h3-11,16,18,20H,12-15H2,1-2H3. The van der Waals surface area contributed by atoms with E-state index in [1.54, 1.807) is 9.80 Å². The van der Waals surface area contributed by atoms with Crippen molar-refractivity contribution in [3.8, 4) is 0 Å². The molecule has 0 spiro atoms. The van der Waals surface area contributed by atoms with Crippen molar-refractivity contribution in [2.45, 2.75) is 38.3 Å². The highest BCUT2D eigenvalue weighted by Gasteiger charge is 2.42. The summed E-state index contributed by atoms with van der Waals surface area (Å²) in [5, 5.41) is 0. The van der Waals surface area contributed by atoms with Crippen molar-refractivity contribution >= 4 is 23.5 Å². The van der Waals surface area contributed by atoms with Gasteiger partial charge in [0.15, 0.2) is 0 Å². The van der Waals surface area contributed by atoms with Crippen LogP contribution in [0, 0.1) is 5.92 Å². The van der Waals surface area contributed by atoms with Gasteiger partial charge in [-0.25, -0.2) is 0 Å². The number of ether oxygens (including phenoxy) is 1. The number of anilines is 1. The first-order valence-electron chi connectivity index (χ1n) is 10.3. The van der Waals surface area contributed by atoms with E-state index in [9.17, 15) is 14.4 Å². The van der Waals surface area contributed by atoms with Crippen molar-refractivity contribution in [3.63, 3.8) is 0 Å². The molecule has 4 rings (SSSR count). The van der Waals surface area contributed by atoms with Crippen molar-refractivity contribution in [3.05, 3.63) is 65.7 Å². The van der Waals surface area contributed by atoms with Gasteiger partial charge >= 0.3 is 5.97 Å². The first-order valence-corrected chi connectivity index (χ1v) is 10.3. The van der Waals surface area contributed by atoms with Crippen LogP contribution < -0.4 is 4.90 Å². The third-order valence-corrected chi connectivity index (χ3v) is 6.09. The van der Waals surface area contributed by atoms with E-state index >= 15 is 0 Å². The van der Waals surface area contributed by atoms with Crippen molar-refractivity contribution < 1.29 is 19.1 Å². The van der Waals surface area contributed by atoms with Crippen LogP contribution in [0.1, 0.15) is 36.8 Å². The maximum atomic E-state index is 13.5. The number of amides is 2. The zero-order valence-electron chi connectivity index (χ0n) is 17.3. The number of benzene rings is 2. The van der Waals surface area contributed by atoms with Crippen molar-refractivity contribution in [2.75, 3.05) is 18.6 Å². The van der Waals surface area contributed by atoms with E-state index in [1.165, 1.54) is 7.11 Å². The fourth-order valence-electron chi connectivity index (χ4n) is 4.60. The van der Waals surface area contributed by atoms with E-state index in [2.05, 4.69) is 0 Å². The summed E-state index contributed by atoms with van der Waals surface area (Å²) in [4.78, 5) is 41.9. The molecule has 1 saturated heterocycles. The molecule has 6 nitrogen and oxygen atoms in total. The molecule has 3 atom stereocenters. The number of carbonyl (C=O) groups is 3. The smallest absolute Gasteiger partial charge is 0.313 e. The molecule has 2 aromatic rings. The van der Waals surface area contributed by atoms with E-state index in [0.717, 1.165) is 16.8 Å². The van der Waals surface area contributed by atoms with Crippen LogP contribution in [0.5, 0.6) is 0 Å². The number of rotatable bonds is 4. The first kappa shape index (κ1) is 20.1.